The van der Waals surface area contributed by atoms with Crippen LogP contribution in [0.1, 0.15) is 31.4 Å². The Morgan fingerprint density at radius 1 is 1.18 bits per heavy atom. The molecule has 0 spiro atoms. The van der Waals surface area contributed by atoms with Gasteiger partial charge < -0.3 is 15.2 Å². The number of benzene rings is 1. The molecule has 0 bridgehead atoms. The second kappa shape index (κ2) is 4.96. The van der Waals surface area contributed by atoms with Crippen molar-refractivity contribution >= 4 is 0 Å². The summed E-state index contributed by atoms with van der Waals surface area (Å²) in [6.45, 7) is 2.22. The standard InChI is InChI=1S/C14H21NO2/c1-9(10-7-8-10)14(15)13-11(16-2)5-4-6-12(13)17-3/h4-6,9-10,14H,7-8,15H2,1-3H3. The molecule has 1 fully saturated rings. The zero-order chi connectivity index (χ0) is 12.4. The molecule has 0 aromatic heterocycles. The van der Waals surface area contributed by atoms with Gasteiger partial charge in [0.2, 0.25) is 0 Å². The number of hydrogen-bond donors (Lipinski definition) is 1. The van der Waals surface area contributed by atoms with Gasteiger partial charge in [-0.15, -0.1) is 0 Å². The maximum absolute atomic E-state index is 6.37. The van der Waals surface area contributed by atoms with Crippen molar-refractivity contribution < 1.29 is 9.47 Å². The number of rotatable bonds is 5. The fourth-order valence-electron chi connectivity index (χ4n) is 2.39. The van der Waals surface area contributed by atoms with Crippen molar-refractivity contribution in [2.45, 2.75) is 25.8 Å². The van der Waals surface area contributed by atoms with E-state index in [0.717, 1.165) is 23.0 Å². The van der Waals surface area contributed by atoms with E-state index in [4.69, 9.17) is 15.2 Å². The fourth-order valence-corrected chi connectivity index (χ4v) is 2.39. The molecule has 2 atom stereocenters. The highest BCUT2D eigenvalue weighted by Gasteiger charge is 2.34. The summed E-state index contributed by atoms with van der Waals surface area (Å²) >= 11 is 0. The van der Waals surface area contributed by atoms with Gasteiger partial charge in [-0.1, -0.05) is 13.0 Å². The van der Waals surface area contributed by atoms with E-state index in [-0.39, 0.29) is 6.04 Å². The van der Waals surface area contributed by atoms with Crippen molar-refractivity contribution in [3.05, 3.63) is 23.8 Å². The summed E-state index contributed by atoms with van der Waals surface area (Å²) < 4.78 is 10.8. The number of methoxy groups -OCH3 is 2. The van der Waals surface area contributed by atoms with Crippen molar-refractivity contribution in [3.8, 4) is 11.5 Å². The van der Waals surface area contributed by atoms with Crippen LogP contribution in [0, 0.1) is 11.8 Å². The van der Waals surface area contributed by atoms with Gasteiger partial charge in [-0.2, -0.15) is 0 Å². The summed E-state index contributed by atoms with van der Waals surface area (Å²) in [6.07, 6.45) is 2.60. The monoisotopic (exact) mass is 235 g/mol. The molecular weight excluding hydrogens is 214 g/mol. The van der Waals surface area contributed by atoms with Crippen LogP contribution in [0.15, 0.2) is 18.2 Å². The minimum Gasteiger partial charge on any atom is -0.496 e. The SMILES string of the molecule is COc1cccc(OC)c1C(N)C(C)C1CC1. The molecule has 1 aromatic rings. The molecule has 2 N–H and O–H groups in total. The van der Waals surface area contributed by atoms with Gasteiger partial charge in [-0.05, 0) is 36.8 Å². The Labute approximate surface area is 103 Å². The Bertz CT molecular complexity index is 366. The number of nitrogens with two attached hydrogens (primary N) is 1. The Balaban J connectivity index is 2.33. The first-order valence-corrected chi connectivity index (χ1v) is 6.15. The van der Waals surface area contributed by atoms with Gasteiger partial charge in [-0.3, -0.25) is 0 Å². The third kappa shape index (κ3) is 2.39. The lowest BCUT2D eigenvalue weighted by Gasteiger charge is -2.24. The lowest BCUT2D eigenvalue weighted by Crippen LogP contribution is -2.22. The van der Waals surface area contributed by atoms with Crippen molar-refractivity contribution in [3.63, 3.8) is 0 Å². The Hall–Kier alpha value is -1.22. The van der Waals surface area contributed by atoms with Crippen LogP contribution in [0.25, 0.3) is 0 Å². The predicted octanol–water partition coefficient (Wildman–Crippen LogP) is 2.75. The maximum Gasteiger partial charge on any atom is 0.127 e. The van der Waals surface area contributed by atoms with Crippen molar-refractivity contribution in [1.82, 2.24) is 0 Å². The smallest absolute Gasteiger partial charge is 0.127 e. The maximum atomic E-state index is 6.37. The van der Waals surface area contributed by atoms with Gasteiger partial charge in [0.15, 0.2) is 0 Å². The molecule has 1 aliphatic rings. The van der Waals surface area contributed by atoms with Gasteiger partial charge in [0.1, 0.15) is 11.5 Å². The average Bonchev–Trinajstić information content (AvgIpc) is 3.20. The fraction of sp³-hybridized carbons (Fsp3) is 0.571. The van der Waals surface area contributed by atoms with E-state index in [0.29, 0.717) is 5.92 Å². The quantitative estimate of drug-likeness (QED) is 0.853. The van der Waals surface area contributed by atoms with Crippen LogP contribution in [0.4, 0.5) is 0 Å². The highest BCUT2D eigenvalue weighted by Crippen LogP contribution is 2.45. The summed E-state index contributed by atoms with van der Waals surface area (Å²) in [5.41, 5.74) is 7.37. The highest BCUT2D eigenvalue weighted by atomic mass is 16.5. The summed E-state index contributed by atoms with van der Waals surface area (Å²) in [6, 6.07) is 5.79. The molecule has 1 aliphatic carbocycles. The van der Waals surface area contributed by atoms with Crippen LogP contribution in [0.3, 0.4) is 0 Å². The average molecular weight is 235 g/mol. The third-order valence-electron chi connectivity index (χ3n) is 3.73. The first kappa shape index (κ1) is 12.2. The molecular formula is C14H21NO2. The van der Waals surface area contributed by atoms with Gasteiger partial charge in [0.25, 0.3) is 0 Å². The second-order valence-electron chi connectivity index (χ2n) is 4.80. The topological polar surface area (TPSA) is 44.5 Å². The normalized spacial score (nSPS) is 18.6. The first-order chi connectivity index (χ1) is 8.19. The molecule has 0 heterocycles. The van der Waals surface area contributed by atoms with E-state index in [2.05, 4.69) is 6.92 Å². The Morgan fingerprint density at radius 3 is 2.12 bits per heavy atom. The van der Waals surface area contributed by atoms with E-state index in [1.165, 1.54) is 12.8 Å². The molecule has 3 nitrogen and oxygen atoms in total. The van der Waals surface area contributed by atoms with Crippen LogP contribution in [-0.2, 0) is 0 Å². The molecule has 94 valence electrons. The predicted molar refractivity (Wildman–Crippen MR) is 68.4 cm³/mol. The minimum absolute atomic E-state index is 0.0198. The number of hydrogen-bond acceptors (Lipinski definition) is 3. The Morgan fingerprint density at radius 2 is 1.71 bits per heavy atom. The zero-order valence-electron chi connectivity index (χ0n) is 10.8. The minimum atomic E-state index is -0.0198. The van der Waals surface area contributed by atoms with Crippen LogP contribution < -0.4 is 15.2 Å². The zero-order valence-corrected chi connectivity index (χ0v) is 10.8. The molecule has 0 saturated heterocycles. The molecule has 1 aromatic carbocycles. The molecule has 2 rings (SSSR count). The lowest BCUT2D eigenvalue weighted by atomic mass is 9.90. The molecule has 2 unspecified atom stereocenters. The summed E-state index contributed by atoms with van der Waals surface area (Å²) in [4.78, 5) is 0. The molecule has 17 heavy (non-hydrogen) atoms. The van der Waals surface area contributed by atoms with E-state index >= 15 is 0 Å². The molecule has 0 radical (unpaired) electrons. The van der Waals surface area contributed by atoms with Crippen LogP contribution in [-0.4, -0.2) is 14.2 Å². The number of ether oxygens (including phenoxy) is 2. The van der Waals surface area contributed by atoms with Gasteiger partial charge in [-0.25, -0.2) is 0 Å². The molecule has 0 amide bonds. The van der Waals surface area contributed by atoms with Crippen molar-refractivity contribution in [1.29, 1.82) is 0 Å². The Kier molecular flexibility index (Phi) is 3.57. The van der Waals surface area contributed by atoms with Crippen molar-refractivity contribution in [2.75, 3.05) is 14.2 Å². The summed E-state index contributed by atoms with van der Waals surface area (Å²) in [5, 5.41) is 0. The second-order valence-corrected chi connectivity index (χ2v) is 4.80. The van der Waals surface area contributed by atoms with Gasteiger partial charge in [0.05, 0.1) is 19.8 Å². The highest BCUT2D eigenvalue weighted by molar-refractivity contribution is 5.47. The lowest BCUT2D eigenvalue weighted by molar-refractivity contribution is 0.350. The van der Waals surface area contributed by atoms with Crippen molar-refractivity contribution in [2.24, 2.45) is 17.6 Å². The molecule has 1 saturated carbocycles. The van der Waals surface area contributed by atoms with E-state index < -0.39 is 0 Å². The first-order valence-electron chi connectivity index (χ1n) is 6.15. The van der Waals surface area contributed by atoms with Gasteiger partial charge >= 0.3 is 0 Å². The molecule has 3 heteroatoms. The van der Waals surface area contributed by atoms with Crippen LogP contribution in [0.5, 0.6) is 11.5 Å². The third-order valence-corrected chi connectivity index (χ3v) is 3.73. The van der Waals surface area contributed by atoms with Gasteiger partial charge in [0, 0.05) is 6.04 Å². The van der Waals surface area contributed by atoms with E-state index in [1.807, 2.05) is 18.2 Å². The van der Waals surface area contributed by atoms with Crippen LogP contribution in [0.2, 0.25) is 0 Å². The largest absolute Gasteiger partial charge is 0.496 e. The summed E-state index contributed by atoms with van der Waals surface area (Å²) in [7, 11) is 3.35. The van der Waals surface area contributed by atoms with E-state index in [1.54, 1.807) is 14.2 Å². The van der Waals surface area contributed by atoms with Crippen LogP contribution >= 0.6 is 0 Å². The molecule has 0 aliphatic heterocycles. The van der Waals surface area contributed by atoms with E-state index in [9.17, 15) is 0 Å². The summed E-state index contributed by atoms with van der Waals surface area (Å²) in [5.74, 6) is 2.88.